The molecule has 0 bridgehead atoms. The SMILES string of the molecule is CC(F)Oc1ccc(C(=O)NCc2cc(C#N)ccc2Br)cc1F. The first-order valence-corrected chi connectivity index (χ1v) is 7.77. The lowest BCUT2D eigenvalue weighted by Crippen LogP contribution is -2.23. The number of hydrogen-bond acceptors (Lipinski definition) is 3. The van der Waals surface area contributed by atoms with E-state index in [2.05, 4.69) is 26.0 Å². The predicted octanol–water partition coefficient (Wildman–Crippen LogP) is 4.08. The Balaban J connectivity index is 2.08. The van der Waals surface area contributed by atoms with Crippen molar-refractivity contribution in [2.75, 3.05) is 0 Å². The maximum absolute atomic E-state index is 13.8. The molecule has 0 saturated heterocycles. The summed E-state index contributed by atoms with van der Waals surface area (Å²) in [6.07, 6.45) is -1.65. The topological polar surface area (TPSA) is 62.1 Å². The minimum absolute atomic E-state index is 0.0823. The summed E-state index contributed by atoms with van der Waals surface area (Å²) in [6.45, 7) is 1.30. The predicted molar refractivity (Wildman–Crippen MR) is 87.6 cm³/mol. The molecule has 0 aromatic heterocycles. The molecule has 24 heavy (non-hydrogen) atoms. The van der Waals surface area contributed by atoms with Gasteiger partial charge < -0.3 is 10.1 Å². The average molecular weight is 395 g/mol. The van der Waals surface area contributed by atoms with Crippen molar-refractivity contribution in [2.24, 2.45) is 0 Å². The van der Waals surface area contributed by atoms with E-state index in [-0.39, 0.29) is 17.9 Å². The lowest BCUT2D eigenvalue weighted by molar-refractivity contribution is 0.0814. The molecule has 7 heteroatoms. The zero-order chi connectivity index (χ0) is 17.7. The van der Waals surface area contributed by atoms with Crippen molar-refractivity contribution in [3.05, 3.63) is 63.4 Å². The number of ether oxygens (including phenoxy) is 1. The van der Waals surface area contributed by atoms with Gasteiger partial charge in [0, 0.05) is 23.5 Å². The standard InChI is InChI=1S/C17H13BrF2N2O2/c1-10(19)24-16-5-3-12(7-15(16)20)17(23)22-9-13-6-11(8-21)2-4-14(13)18/h2-7,10H,9H2,1H3,(H,22,23). The highest BCUT2D eigenvalue weighted by Gasteiger charge is 2.13. The smallest absolute Gasteiger partial charge is 0.251 e. The number of rotatable bonds is 5. The number of nitriles is 1. The van der Waals surface area contributed by atoms with Crippen LogP contribution in [-0.4, -0.2) is 12.3 Å². The normalized spacial score (nSPS) is 11.5. The molecule has 2 rings (SSSR count). The van der Waals surface area contributed by atoms with E-state index in [4.69, 9.17) is 5.26 Å². The Morgan fingerprint density at radius 1 is 1.38 bits per heavy atom. The Labute approximate surface area is 146 Å². The minimum Gasteiger partial charge on any atom is -0.458 e. The van der Waals surface area contributed by atoms with E-state index in [1.165, 1.54) is 12.1 Å². The van der Waals surface area contributed by atoms with Gasteiger partial charge in [-0.2, -0.15) is 5.26 Å². The van der Waals surface area contributed by atoms with Crippen LogP contribution in [0.1, 0.15) is 28.4 Å². The van der Waals surface area contributed by atoms with Gasteiger partial charge in [0.2, 0.25) is 6.36 Å². The van der Waals surface area contributed by atoms with Crippen LogP contribution in [0.2, 0.25) is 0 Å². The number of benzene rings is 2. The fourth-order valence-corrected chi connectivity index (χ4v) is 2.36. The van der Waals surface area contributed by atoms with Crippen LogP contribution in [0.25, 0.3) is 0 Å². The van der Waals surface area contributed by atoms with E-state index in [9.17, 15) is 13.6 Å². The van der Waals surface area contributed by atoms with Crippen LogP contribution < -0.4 is 10.1 Å². The van der Waals surface area contributed by atoms with Crippen molar-refractivity contribution in [1.29, 1.82) is 5.26 Å². The van der Waals surface area contributed by atoms with Crippen LogP contribution >= 0.6 is 15.9 Å². The van der Waals surface area contributed by atoms with Gasteiger partial charge in [0.05, 0.1) is 11.6 Å². The van der Waals surface area contributed by atoms with Gasteiger partial charge in [0.15, 0.2) is 11.6 Å². The van der Waals surface area contributed by atoms with Crippen molar-refractivity contribution in [3.63, 3.8) is 0 Å². The number of nitrogens with zero attached hydrogens (tertiary/aromatic N) is 1. The van der Waals surface area contributed by atoms with E-state index >= 15 is 0 Å². The second-order valence-corrected chi connectivity index (χ2v) is 5.76. The zero-order valence-electron chi connectivity index (χ0n) is 12.6. The molecule has 0 spiro atoms. The molecule has 0 saturated carbocycles. The van der Waals surface area contributed by atoms with Gasteiger partial charge in [-0.15, -0.1) is 0 Å². The van der Waals surface area contributed by atoms with Gasteiger partial charge in [-0.3, -0.25) is 4.79 Å². The van der Waals surface area contributed by atoms with Crippen LogP contribution in [0.4, 0.5) is 8.78 Å². The Morgan fingerprint density at radius 3 is 2.75 bits per heavy atom. The zero-order valence-corrected chi connectivity index (χ0v) is 14.2. The summed E-state index contributed by atoms with van der Waals surface area (Å²) in [6, 6.07) is 10.5. The molecule has 0 aliphatic heterocycles. The maximum Gasteiger partial charge on any atom is 0.251 e. The minimum atomic E-state index is -1.65. The summed E-state index contributed by atoms with van der Waals surface area (Å²) < 4.78 is 31.9. The van der Waals surface area contributed by atoms with Crippen molar-refractivity contribution in [1.82, 2.24) is 5.32 Å². The first-order chi connectivity index (χ1) is 11.4. The second-order valence-electron chi connectivity index (χ2n) is 4.91. The van der Waals surface area contributed by atoms with Crippen LogP contribution in [-0.2, 0) is 6.54 Å². The van der Waals surface area contributed by atoms with Crippen LogP contribution in [0.3, 0.4) is 0 Å². The second kappa shape index (κ2) is 7.88. The number of carbonyl (C=O) groups is 1. The van der Waals surface area contributed by atoms with Gasteiger partial charge in [-0.25, -0.2) is 8.78 Å². The fraction of sp³-hybridized carbons (Fsp3) is 0.176. The van der Waals surface area contributed by atoms with Crippen LogP contribution in [0, 0.1) is 17.1 Å². The van der Waals surface area contributed by atoms with Gasteiger partial charge >= 0.3 is 0 Å². The first kappa shape index (κ1) is 17.9. The molecule has 0 radical (unpaired) electrons. The third-order valence-electron chi connectivity index (χ3n) is 3.10. The average Bonchev–Trinajstić information content (AvgIpc) is 2.55. The summed E-state index contributed by atoms with van der Waals surface area (Å²) in [5.74, 6) is -1.58. The Morgan fingerprint density at radius 2 is 2.12 bits per heavy atom. The Kier molecular flexibility index (Phi) is 5.88. The summed E-state index contributed by atoms with van der Waals surface area (Å²) in [4.78, 5) is 12.1. The summed E-state index contributed by atoms with van der Waals surface area (Å²) >= 11 is 3.34. The van der Waals surface area contributed by atoms with E-state index in [1.807, 2.05) is 6.07 Å². The molecule has 0 heterocycles. The molecule has 0 aliphatic rings. The lowest BCUT2D eigenvalue weighted by atomic mass is 10.1. The van der Waals surface area contributed by atoms with Crippen LogP contribution in [0.15, 0.2) is 40.9 Å². The molecule has 0 fully saturated rings. The van der Waals surface area contributed by atoms with Gasteiger partial charge in [0.1, 0.15) is 0 Å². The quantitative estimate of drug-likeness (QED) is 0.830. The third-order valence-corrected chi connectivity index (χ3v) is 3.87. The molecule has 1 N–H and O–H groups in total. The Hall–Kier alpha value is -2.46. The molecule has 4 nitrogen and oxygen atoms in total. The summed E-state index contributed by atoms with van der Waals surface area (Å²) in [5.41, 5.74) is 1.27. The number of halogens is 3. The van der Waals surface area contributed by atoms with E-state index in [0.717, 1.165) is 17.5 Å². The first-order valence-electron chi connectivity index (χ1n) is 6.97. The largest absolute Gasteiger partial charge is 0.458 e. The number of nitrogens with one attached hydrogen (secondary N) is 1. The van der Waals surface area contributed by atoms with Crippen molar-refractivity contribution in [3.8, 4) is 11.8 Å². The monoisotopic (exact) mass is 394 g/mol. The molecule has 2 aromatic carbocycles. The molecular weight excluding hydrogens is 382 g/mol. The van der Waals surface area contributed by atoms with Gasteiger partial charge in [-0.05, 0) is 42.0 Å². The fourth-order valence-electron chi connectivity index (χ4n) is 1.97. The van der Waals surface area contributed by atoms with Gasteiger partial charge in [-0.1, -0.05) is 15.9 Å². The van der Waals surface area contributed by atoms with E-state index < -0.39 is 18.1 Å². The number of amides is 1. The number of carbonyl (C=O) groups excluding carboxylic acids is 1. The van der Waals surface area contributed by atoms with E-state index in [0.29, 0.717) is 11.1 Å². The summed E-state index contributed by atoms with van der Waals surface area (Å²) in [7, 11) is 0. The maximum atomic E-state index is 13.8. The van der Waals surface area contributed by atoms with Crippen molar-refractivity contribution < 1.29 is 18.3 Å². The summed E-state index contributed by atoms with van der Waals surface area (Å²) in [5, 5.41) is 11.5. The van der Waals surface area contributed by atoms with Crippen LogP contribution in [0.5, 0.6) is 5.75 Å². The molecule has 2 aromatic rings. The van der Waals surface area contributed by atoms with Crippen molar-refractivity contribution in [2.45, 2.75) is 19.8 Å². The molecule has 1 atom stereocenters. The van der Waals surface area contributed by atoms with Crippen molar-refractivity contribution >= 4 is 21.8 Å². The highest BCUT2D eigenvalue weighted by Crippen LogP contribution is 2.21. The molecule has 0 aliphatic carbocycles. The molecule has 1 unspecified atom stereocenters. The Bertz CT molecular complexity index is 804. The molecule has 124 valence electrons. The third kappa shape index (κ3) is 4.52. The molecular formula is C17H13BrF2N2O2. The van der Waals surface area contributed by atoms with Gasteiger partial charge in [0.25, 0.3) is 5.91 Å². The lowest BCUT2D eigenvalue weighted by Gasteiger charge is -2.10. The number of hydrogen-bond donors (Lipinski definition) is 1. The highest BCUT2D eigenvalue weighted by molar-refractivity contribution is 9.10. The van der Waals surface area contributed by atoms with E-state index in [1.54, 1.807) is 18.2 Å². The highest BCUT2D eigenvalue weighted by atomic mass is 79.9. The number of alkyl halides is 1. The molecule has 1 amide bonds.